The van der Waals surface area contributed by atoms with Crippen molar-refractivity contribution >= 4 is 74.4 Å². The Labute approximate surface area is 533 Å². The van der Waals surface area contributed by atoms with Gasteiger partial charge < -0.3 is 90.4 Å². The van der Waals surface area contributed by atoms with Crippen molar-refractivity contribution in [2.45, 2.75) is 124 Å². The molecule has 4 unspecified atom stereocenters. The van der Waals surface area contributed by atoms with E-state index in [0.717, 1.165) is 61.2 Å². The van der Waals surface area contributed by atoms with Gasteiger partial charge in [-0.05, 0) is 100 Å². The number of phosphoric acid groups is 2. The van der Waals surface area contributed by atoms with Crippen molar-refractivity contribution in [1.29, 1.82) is 0 Å². The van der Waals surface area contributed by atoms with Crippen LogP contribution < -0.4 is 30.3 Å². The molecule has 1 amide bonds. The summed E-state index contributed by atoms with van der Waals surface area (Å²) < 4.78 is 111. The monoisotopic (exact) mass is 1370 g/mol. The number of carbonyl (C=O) groups excluding carboxylic acids is 3. The van der Waals surface area contributed by atoms with Crippen LogP contribution in [0.3, 0.4) is 0 Å². The van der Waals surface area contributed by atoms with Crippen molar-refractivity contribution in [3.05, 3.63) is 56.9 Å². The summed E-state index contributed by atoms with van der Waals surface area (Å²) in [6.07, 6.45) is 5.26. The lowest BCUT2D eigenvalue weighted by Crippen LogP contribution is -2.48. The third-order valence-corrected chi connectivity index (χ3v) is 18.7. The molecule has 0 bridgehead atoms. The Morgan fingerprint density at radius 1 is 0.756 bits per heavy atom. The van der Waals surface area contributed by atoms with Gasteiger partial charge in [-0.1, -0.05) is 54.7 Å². The van der Waals surface area contributed by atoms with E-state index in [2.05, 4.69) is 5.32 Å². The van der Waals surface area contributed by atoms with Crippen molar-refractivity contribution in [2.24, 2.45) is 5.41 Å². The maximum Gasteiger partial charge on any atom is 0.488 e. The molecule has 2 aromatic heterocycles. The molecule has 5 atom stereocenters. The summed E-state index contributed by atoms with van der Waals surface area (Å²) in [6.45, 7) is 9.11. The molecule has 2 aliphatic rings. The normalized spacial score (nSPS) is 16.4. The number of fused-ring (bicyclic) bond motifs is 5. The zero-order valence-electron chi connectivity index (χ0n) is 51.8. The highest BCUT2D eigenvalue weighted by Gasteiger charge is 2.51. The molecular formula is C57H86N3O25P3S2-2. The van der Waals surface area contributed by atoms with Crippen LogP contribution in [0.15, 0.2) is 29.1 Å². The number of benzene rings is 1. The third-order valence-electron chi connectivity index (χ3n) is 13.7. The van der Waals surface area contributed by atoms with Crippen LogP contribution in [0, 0.1) is 5.41 Å². The fraction of sp³-hybridized carbons (Fsp3) is 0.702. The number of rotatable bonds is 49. The molecule has 1 aromatic carbocycles. The van der Waals surface area contributed by atoms with Crippen LogP contribution >= 0.6 is 45.5 Å². The predicted octanol–water partition coefficient (Wildman–Crippen LogP) is 6.33. The molecule has 0 spiro atoms. The number of phosphoric ester groups is 2. The van der Waals surface area contributed by atoms with Gasteiger partial charge in [0.05, 0.1) is 134 Å². The van der Waals surface area contributed by atoms with Gasteiger partial charge in [-0.3, -0.25) is 18.7 Å². The SMILES string of the molecule is CCc1c2c(nc3ccc(OC(=O)NCCCOCC(COP(=O)([O-])OCCOCCOCCOCCOCCOCCOP(=O)([O-])OCCCCCCSSCCCCCO)O[P+](=O)[O-])cc13)-c1cc3c(c(=O)n1C2)COC(=O)[C@@]3(CC)OC(=O)C(C)(C)C. The number of hydrogen-bond acceptors (Lipinski definition) is 28. The summed E-state index contributed by atoms with van der Waals surface area (Å²) in [6, 6.07) is 6.63. The molecule has 0 fully saturated rings. The number of amides is 1. The Kier molecular flexibility index (Phi) is 34.8. The number of pyridine rings is 2. The molecule has 0 radical (unpaired) electrons. The molecule has 5 rings (SSSR count). The van der Waals surface area contributed by atoms with Gasteiger partial charge in [-0.2, -0.15) is 0 Å². The first-order valence-electron chi connectivity index (χ1n) is 30.1. The van der Waals surface area contributed by atoms with E-state index in [0.29, 0.717) is 48.3 Å². The van der Waals surface area contributed by atoms with Crippen LogP contribution in [0.25, 0.3) is 22.3 Å². The standard InChI is InChI=1S/C57H88N3O25P3S2/c1-6-44-45-36-42(16-17-49(45)59-51-46(44)38-60-50(51)37-48-47(52(60)62)41-78-54(64)57(48,7-2)84-53(63)56(3,4)5)83-55(65)58-18-15-20-77-39-43(85-86(66)67)40-82-88(70,71)81-33-31-76-29-27-74-25-23-72-22-24-73-26-28-75-30-32-80-87(68,69)79-21-12-8-9-13-34-89-90-35-14-10-11-19-61/h16-17,36-37,43,61H,6-15,18-35,38-41H2,1-5H3,(H,58,65)(H,68,69)(H,70,71)/p-2/t43?,57-/m0/s1. The smallest absolute Gasteiger partial charge is 0.488 e. The van der Waals surface area contributed by atoms with Gasteiger partial charge in [0.2, 0.25) is 5.60 Å². The Morgan fingerprint density at radius 2 is 1.33 bits per heavy atom. The fourth-order valence-corrected chi connectivity index (χ4v) is 13.1. The van der Waals surface area contributed by atoms with Crippen LogP contribution in [0.5, 0.6) is 5.75 Å². The first-order chi connectivity index (χ1) is 43.1. The molecule has 0 saturated heterocycles. The first kappa shape index (κ1) is 77.2. The number of esters is 2. The molecule has 90 heavy (non-hydrogen) atoms. The topological polar surface area (TPSA) is 368 Å². The minimum atomic E-state index is -4.91. The number of aliphatic hydroxyl groups excluding tert-OH is 1. The summed E-state index contributed by atoms with van der Waals surface area (Å²) >= 11 is 0. The third kappa shape index (κ3) is 26.3. The number of aliphatic hydroxyl groups is 1. The van der Waals surface area contributed by atoms with Crippen molar-refractivity contribution in [2.75, 3.05) is 130 Å². The van der Waals surface area contributed by atoms with Crippen LogP contribution in [-0.2, 0) is 109 Å². The first-order valence-corrected chi connectivity index (χ1v) is 36.6. The summed E-state index contributed by atoms with van der Waals surface area (Å²) in [5, 5.41) is 12.1. The average Bonchev–Trinajstić information content (AvgIpc) is 1.45. The number of nitrogens with one attached hydrogen (secondary N) is 1. The lowest BCUT2D eigenvalue weighted by molar-refractivity contribution is -0.230. The predicted molar refractivity (Wildman–Crippen MR) is 327 cm³/mol. The lowest BCUT2D eigenvalue weighted by atomic mass is 9.84. The largest absolute Gasteiger partial charge is 0.756 e. The fourth-order valence-electron chi connectivity index (χ4n) is 9.04. The van der Waals surface area contributed by atoms with Gasteiger partial charge in [0.1, 0.15) is 12.4 Å². The number of nitrogens with zero attached hydrogens (tertiary/aromatic N) is 2. The Balaban J connectivity index is 0.869. The number of carbonyl (C=O) groups is 3. The number of aromatic nitrogens is 2. The average molecular weight is 1370 g/mol. The van der Waals surface area contributed by atoms with E-state index in [4.69, 9.17) is 75.3 Å². The Bertz CT molecular complexity index is 2900. The van der Waals surface area contributed by atoms with Crippen molar-refractivity contribution < 1.29 is 113 Å². The zero-order chi connectivity index (χ0) is 65.4. The van der Waals surface area contributed by atoms with Gasteiger partial charge in [-0.25, -0.2) is 14.6 Å². The second-order valence-corrected chi connectivity index (χ2v) is 27.6. The maximum atomic E-state index is 14.1. The molecule has 3 aromatic rings. The highest BCUT2D eigenvalue weighted by molar-refractivity contribution is 8.76. The van der Waals surface area contributed by atoms with Crippen LogP contribution in [0.4, 0.5) is 4.79 Å². The molecule has 508 valence electrons. The van der Waals surface area contributed by atoms with Gasteiger partial charge in [0.15, 0.2) is 6.10 Å². The number of cyclic esters (lactones) is 1. The van der Waals surface area contributed by atoms with Gasteiger partial charge in [0.25, 0.3) is 21.2 Å². The summed E-state index contributed by atoms with van der Waals surface area (Å²) in [5.41, 5.74) is 0.517. The Hall–Kier alpha value is -3.55. The molecule has 33 heteroatoms. The van der Waals surface area contributed by atoms with E-state index in [1.807, 2.05) is 28.5 Å². The van der Waals surface area contributed by atoms with E-state index in [1.54, 1.807) is 56.5 Å². The van der Waals surface area contributed by atoms with Crippen LogP contribution in [0.1, 0.15) is 115 Å². The second kappa shape index (κ2) is 40.6. The zero-order valence-corrected chi connectivity index (χ0v) is 56.1. The highest BCUT2D eigenvalue weighted by Crippen LogP contribution is 2.44. The number of unbranched alkanes of at least 4 members (excludes halogenated alkanes) is 5. The quantitative estimate of drug-likeness (QED) is 0.0211. The Morgan fingerprint density at radius 3 is 1.91 bits per heavy atom. The van der Waals surface area contributed by atoms with Gasteiger partial charge in [-0.15, -0.1) is 4.52 Å². The number of hydrogen-bond donors (Lipinski definition) is 2. The van der Waals surface area contributed by atoms with E-state index in [9.17, 15) is 47.6 Å². The van der Waals surface area contributed by atoms with Crippen LogP contribution in [0.2, 0.25) is 0 Å². The summed E-state index contributed by atoms with van der Waals surface area (Å²) in [4.78, 5) is 94.1. The second-order valence-electron chi connectivity index (χ2n) is 21.4. The van der Waals surface area contributed by atoms with Crippen molar-refractivity contribution in [3.63, 3.8) is 0 Å². The van der Waals surface area contributed by atoms with Gasteiger partial charge >= 0.3 is 26.3 Å². The molecule has 4 heterocycles. The minimum absolute atomic E-state index is 0.00138. The lowest BCUT2D eigenvalue weighted by Gasteiger charge is -2.37. The summed E-state index contributed by atoms with van der Waals surface area (Å²) in [7, 11) is -9.01. The minimum Gasteiger partial charge on any atom is -0.756 e. The van der Waals surface area contributed by atoms with E-state index < -0.39 is 77.8 Å². The molecule has 2 N–H and O–H groups in total. The van der Waals surface area contributed by atoms with E-state index >= 15 is 0 Å². The van der Waals surface area contributed by atoms with Crippen molar-refractivity contribution in [3.8, 4) is 17.1 Å². The molecular weight excluding hydrogens is 1280 g/mol. The number of aryl methyl sites for hydroxylation is 1. The number of ether oxygens (including phenoxy) is 9. The maximum absolute atomic E-state index is 14.1. The molecule has 28 nitrogen and oxygen atoms in total. The molecule has 2 aliphatic heterocycles. The summed E-state index contributed by atoms with van der Waals surface area (Å²) in [5.74, 6) is 0.966. The highest BCUT2D eigenvalue weighted by atomic mass is 33.1. The molecule has 0 saturated carbocycles. The van der Waals surface area contributed by atoms with E-state index in [1.165, 1.54) is 0 Å². The van der Waals surface area contributed by atoms with E-state index in [-0.39, 0.29) is 135 Å². The van der Waals surface area contributed by atoms with Crippen LogP contribution in [-0.4, -0.2) is 169 Å². The van der Waals surface area contributed by atoms with Crippen molar-refractivity contribution in [1.82, 2.24) is 14.9 Å². The molecule has 0 aliphatic carbocycles. The van der Waals surface area contributed by atoms with Gasteiger partial charge in [0, 0.05) is 47.8 Å².